The minimum Gasteiger partial charge on any atom is -0.507 e. The second-order valence-electron chi connectivity index (χ2n) is 2.69. The smallest absolute Gasteiger partial charge is 0.127 e. The summed E-state index contributed by atoms with van der Waals surface area (Å²) >= 11 is 7.30. The summed E-state index contributed by atoms with van der Waals surface area (Å²) in [7, 11) is 0. The van der Waals surface area contributed by atoms with Gasteiger partial charge in [0.2, 0.25) is 0 Å². The molecule has 0 spiro atoms. The monoisotopic (exact) mass is 198 g/mol. The van der Waals surface area contributed by atoms with Gasteiger partial charge in [-0.1, -0.05) is 17.7 Å². The predicted octanol–water partition coefficient (Wildman–Crippen LogP) is 3.57. The Kier molecular flexibility index (Phi) is 1.74. The van der Waals surface area contributed by atoms with Crippen LogP contribution in [0.25, 0.3) is 10.1 Å². The number of aromatic hydroxyl groups is 1. The van der Waals surface area contributed by atoms with Gasteiger partial charge in [0.05, 0.1) is 4.34 Å². The summed E-state index contributed by atoms with van der Waals surface area (Å²) in [6.45, 7) is 1.88. The Hall–Kier alpha value is -0.730. The Balaban J connectivity index is 2.89. The van der Waals surface area contributed by atoms with E-state index in [1.165, 1.54) is 11.3 Å². The number of halogens is 1. The van der Waals surface area contributed by atoms with Crippen molar-refractivity contribution < 1.29 is 5.11 Å². The summed E-state index contributed by atoms with van der Waals surface area (Å²) in [5.41, 5.74) is 0.886. The van der Waals surface area contributed by atoms with Gasteiger partial charge in [0.25, 0.3) is 0 Å². The molecule has 1 heterocycles. The van der Waals surface area contributed by atoms with Crippen LogP contribution in [-0.2, 0) is 0 Å². The molecule has 0 bridgehead atoms. The van der Waals surface area contributed by atoms with Crippen LogP contribution >= 0.6 is 22.9 Å². The fourth-order valence-electron chi connectivity index (χ4n) is 1.17. The zero-order valence-corrected chi connectivity index (χ0v) is 8.04. The van der Waals surface area contributed by atoms with Gasteiger partial charge in [0.1, 0.15) is 5.75 Å². The molecule has 0 aliphatic rings. The van der Waals surface area contributed by atoms with E-state index in [0.717, 1.165) is 15.6 Å². The number of thiophene rings is 1. The van der Waals surface area contributed by atoms with Gasteiger partial charge < -0.3 is 5.11 Å². The number of phenols is 1. The Labute approximate surface area is 79.2 Å². The molecule has 1 N–H and O–H groups in total. The van der Waals surface area contributed by atoms with E-state index in [9.17, 15) is 5.11 Å². The first-order chi connectivity index (χ1) is 5.68. The summed E-state index contributed by atoms with van der Waals surface area (Å²) in [4.78, 5) is 0. The third-order valence-corrected chi connectivity index (χ3v) is 3.07. The van der Waals surface area contributed by atoms with Crippen molar-refractivity contribution in [2.24, 2.45) is 0 Å². The van der Waals surface area contributed by atoms with E-state index in [0.29, 0.717) is 10.1 Å². The van der Waals surface area contributed by atoms with Crippen LogP contribution < -0.4 is 0 Å². The highest BCUT2D eigenvalue weighted by Gasteiger charge is 2.05. The van der Waals surface area contributed by atoms with Crippen molar-refractivity contribution in [3.05, 3.63) is 28.1 Å². The lowest BCUT2D eigenvalue weighted by Crippen LogP contribution is -1.72. The molecule has 0 atom stereocenters. The van der Waals surface area contributed by atoms with Crippen molar-refractivity contribution in [1.82, 2.24) is 0 Å². The molecule has 3 heteroatoms. The zero-order valence-electron chi connectivity index (χ0n) is 6.47. The zero-order chi connectivity index (χ0) is 8.72. The van der Waals surface area contributed by atoms with Crippen LogP contribution in [-0.4, -0.2) is 5.11 Å². The van der Waals surface area contributed by atoms with Gasteiger partial charge in [0, 0.05) is 10.1 Å². The topological polar surface area (TPSA) is 20.2 Å². The molecule has 62 valence electrons. The van der Waals surface area contributed by atoms with Crippen molar-refractivity contribution in [2.45, 2.75) is 6.92 Å². The molecular formula is C9H7ClOS. The fourth-order valence-corrected chi connectivity index (χ4v) is 2.32. The Morgan fingerprint density at radius 1 is 1.42 bits per heavy atom. The van der Waals surface area contributed by atoms with Crippen molar-refractivity contribution in [2.75, 3.05) is 0 Å². The number of rotatable bonds is 0. The first kappa shape index (κ1) is 7.90. The lowest BCUT2D eigenvalue weighted by atomic mass is 10.1. The molecule has 1 aromatic heterocycles. The summed E-state index contributed by atoms with van der Waals surface area (Å²) in [6, 6.07) is 5.66. The molecule has 0 amide bonds. The van der Waals surface area contributed by atoms with Crippen LogP contribution in [0, 0.1) is 6.92 Å². The molecule has 0 unspecified atom stereocenters. The van der Waals surface area contributed by atoms with Crippen LogP contribution in [0.15, 0.2) is 18.2 Å². The van der Waals surface area contributed by atoms with Crippen LogP contribution in [0.1, 0.15) is 5.56 Å². The van der Waals surface area contributed by atoms with Gasteiger partial charge in [-0.25, -0.2) is 0 Å². The second-order valence-corrected chi connectivity index (χ2v) is 4.41. The summed E-state index contributed by atoms with van der Waals surface area (Å²) < 4.78 is 1.74. The van der Waals surface area contributed by atoms with Crippen LogP contribution in [0.5, 0.6) is 5.75 Å². The normalized spacial score (nSPS) is 10.8. The molecule has 2 aromatic rings. The van der Waals surface area contributed by atoms with Gasteiger partial charge in [0.15, 0.2) is 0 Å². The van der Waals surface area contributed by atoms with Crippen molar-refractivity contribution in [3.63, 3.8) is 0 Å². The molecule has 2 rings (SSSR count). The van der Waals surface area contributed by atoms with Crippen molar-refractivity contribution >= 4 is 33.0 Å². The first-order valence-electron chi connectivity index (χ1n) is 3.56. The third kappa shape index (κ3) is 1.08. The van der Waals surface area contributed by atoms with E-state index in [4.69, 9.17) is 11.6 Å². The predicted molar refractivity (Wildman–Crippen MR) is 53.2 cm³/mol. The number of hydrogen-bond acceptors (Lipinski definition) is 2. The first-order valence-corrected chi connectivity index (χ1v) is 4.75. The second kappa shape index (κ2) is 2.64. The standard InChI is InChI=1S/C9H7ClOS/c1-5-2-3-7-6(9(5)11)4-8(10)12-7/h2-4,11H,1H3. The minimum atomic E-state index is 0.343. The highest BCUT2D eigenvalue weighted by Crippen LogP contribution is 2.36. The van der Waals surface area contributed by atoms with Crippen LogP contribution in [0.2, 0.25) is 4.34 Å². The van der Waals surface area contributed by atoms with Gasteiger partial charge in [-0.15, -0.1) is 11.3 Å². The van der Waals surface area contributed by atoms with Crippen molar-refractivity contribution in [3.8, 4) is 5.75 Å². The Morgan fingerprint density at radius 3 is 2.92 bits per heavy atom. The van der Waals surface area contributed by atoms with Crippen molar-refractivity contribution in [1.29, 1.82) is 0 Å². The quantitative estimate of drug-likeness (QED) is 0.686. The summed E-state index contributed by atoms with van der Waals surface area (Å²) in [5, 5.41) is 10.5. The molecule has 0 fully saturated rings. The van der Waals surface area contributed by atoms with E-state index in [-0.39, 0.29) is 0 Å². The minimum absolute atomic E-state index is 0.343. The van der Waals surface area contributed by atoms with E-state index < -0.39 is 0 Å². The maximum Gasteiger partial charge on any atom is 0.127 e. The average molecular weight is 199 g/mol. The molecule has 0 radical (unpaired) electrons. The number of hydrogen-bond donors (Lipinski definition) is 1. The molecule has 0 saturated carbocycles. The van der Waals surface area contributed by atoms with Gasteiger partial charge in [-0.05, 0) is 24.6 Å². The number of fused-ring (bicyclic) bond motifs is 1. The molecular weight excluding hydrogens is 192 g/mol. The molecule has 12 heavy (non-hydrogen) atoms. The Morgan fingerprint density at radius 2 is 2.17 bits per heavy atom. The highest BCUT2D eigenvalue weighted by molar-refractivity contribution is 7.22. The maximum absolute atomic E-state index is 9.62. The molecule has 0 aliphatic heterocycles. The van der Waals surface area contributed by atoms with Gasteiger partial charge >= 0.3 is 0 Å². The SMILES string of the molecule is Cc1ccc2sc(Cl)cc2c1O. The van der Waals surface area contributed by atoms with Gasteiger partial charge in [-0.3, -0.25) is 0 Å². The lowest BCUT2D eigenvalue weighted by molar-refractivity contribution is 0.477. The van der Waals surface area contributed by atoms with E-state index in [1.54, 1.807) is 6.07 Å². The Bertz CT molecular complexity index is 433. The fraction of sp³-hybridized carbons (Fsp3) is 0.111. The molecule has 0 aliphatic carbocycles. The highest BCUT2D eigenvalue weighted by atomic mass is 35.5. The van der Waals surface area contributed by atoms with E-state index in [1.807, 2.05) is 19.1 Å². The lowest BCUT2D eigenvalue weighted by Gasteiger charge is -1.97. The van der Waals surface area contributed by atoms with Gasteiger partial charge in [-0.2, -0.15) is 0 Å². The van der Waals surface area contributed by atoms with E-state index >= 15 is 0 Å². The molecule has 0 saturated heterocycles. The average Bonchev–Trinajstić information content (AvgIpc) is 2.39. The summed E-state index contributed by atoms with van der Waals surface area (Å²) in [5.74, 6) is 0.343. The number of phenolic OH excluding ortho intramolecular Hbond substituents is 1. The van der Waals surface area contributed by atoms with Crippen LogP contribution in [0.4, 0.5) is 0 Å². The summed E-state index contributed by atoms with van der Waals surface area (Å²) in [6.07, 6.45) is 0. The molecule has 1 nitrogen and oxygen atoms in total. The largest absolute Gasteiger partial charge is 0.507 e. The number of benzene rings is 1. The van der Waals surface area contributed by atoms with Crippen LogP contribution in [0.3, 0.4) is 0 Å². The number of aryl methyl sites for hydroxylation is 1. The maximum atomic E-state index is 9.62. The van der Waals surface area contributed by atoms with E-state index in [2.05, 4.69) is 0 Å². The molecule has 1 aromatic carbocycles. The third-order valence-electron chi connectivity index (χ3n) is 1.84.